The summed E-state index contributed by atoms with van der Waals surface area (Å²) in [5.41, 5.74) is 0.748. The van der Waals surface area contributed by atoms with Gasteiger partial charge in [-0.15, -0.1) is 9.24 Å². The monoisotopic (exact) mass is 201 g/mol. The number of hydrogen-bond acceptors (Lipinski definition) is 1. The van der Waals surface area contributed by atoms with Gasteiger partial charge in [-0.1, -0.05) is 20.8 Å². The Balaban J connectivity index is 2.17. The molecule has 1 N–H and O–H groups in total. The molecule has 2 heteroatoms. The van der Waals surface area contributed by atoms with E-state index >= 15 is 0 Å². The third-order valence-corrected chi connectivity index (χ3v) is 3.94. The highest BCUT2D eigenvalue weighted by Crippen LogP contribution is 2.42. The zero-order chi connectivity index (χ0) is 10.0. The molecule has 0 aromatic rings. The second-order valence-corrected chi connectivity index (χ2v) is 5.84. The third-order valence-electron chi connectivity index (χ3n) is 3.09. The fraction of sp³-hybridized carbons (Fsp3) is 1.00. The summed E-state index contributed by atoms with van der Waals surface area (Å²) < 4.78 is 0. The van der Waals surface area contributed by atoms with Crippen molar-refractivity contribution >= 4 is 9.24 Å². The molecule has 0 radical (unpaired) electrons. The van der Waals surface area contributed by atoms with Gasteiger partial charge in [-0.3, -0.25) is 0 Å². The van der Waals surface area contributed by atoms with Gasteiger partial charge in [0.1, 0.15) is 0 Å². The van der Waals surface area contributed by atoms with Crippen LogP contribution in [0.5, 0.6) is 0 Å². The van der Waals surface area contributed by atoms with Gasteiger partial charge < -0.3 is 5.32 Å². The van der Waals surface area contributed by atoms with Crippen LogP contribution in [0.4, 0.5) is 0 Å². The van der Waals surface area contributed by atoms with E-state index in [-0.39, 0.29) is 0 Å². The van der Waals surface area contributed by atoms with Gasteiger partial charge in [-0.25, -0.2) is 0 Å². The van der Waals surface area contributed by atoms with Gasteiger partial charge in [0.15, 0.2) is 0 Å². The lowest BCUT2D eigenvalue weighted by Gasteiger charge is -2.23. The average Bonchev–Trinajstić information content (AvgIpc) is 2.64. The van der Waals surface area contributed by atoms with Crippen LogP contribution in [0.1, 0.15) is 40.5 Å². The second kappa shape index (κ2) is 4.75. The molecule has 0 bridgehead atoms. The summed E-state index contributed by atoms with van der Waals surface area (Å²) >= 11 is 0. The number of nitrogens with one attached hydrogen (secondary N) is 1. The van der Waals surface area contributed by atoms with E-state index in [9.17, 15) is 0 Å². The number of hydrogen-bond donors (Lipinski definition) is 1. The fourth-order valence-corrected chi connectivity index (χ4v) is 2.39. The van der Waals surface area contributed by atoms with Crippen LogP contribution in [0, 0.1) is 11.8 Å². The Labute approximate surface area is 85.3 Å². The van der Waals surface area contributed by atoms with Crippen LogP contribution in [-0.2, 0) is 0 Å². The maximum Gasteiger partial charge on any atom is 0.0104 e. The summed E-state index contributed by atoms with van der Waals surface area (Å²) in [6.45, 7) is 9.09. The third kappa shape index (κ3) is 3.95. The van der Waals surface area contributed by atoms with E-state index in [2.05, 4.69) is 42.3 Å². The molecule has 5 atom stereocenters. The highest BCUT2D eigenvalue weighted by atomic mass is 31.0. The van der Waals surface area contributed by atoms with Crippen molar-refractivity contribution in [2.24, 2.45) is 11.8 Å². The minimum absolute atomic E-state index is 0.606. The molecule has 0 spiro atoms. The molecule has 1 aliphatic carbocycles. The largest absolute Gasteiger partial charge is 0.311 e. The summed E-state index contributed by atoms with van der Waals surface area (Å²) in [4.78, 5) is 0. The van der Waals surface area contributed by atoms with Crippen molar-refractivity contribution in [2.45, 2.75) is 58.3 Å². The van der Waals surface area contributed by atoms with E-state index in [1.54, 1.807) is 0 Å². The first-order chi connectivity index (χ1) is 6.00. The standard InChI is InChI=1S/C11H24NP/c1-7(2)12-9(4)11(13)6-10-5-8(10)3/h7-12H,5-6,13H2,1-4H3. The summed E-state index contributed by atoms with van der Waals surface area (Å²) in [7, 11) is 3.00. The second-order valence-electron chi connectivity index (χ2n) is 4.98. The first kappa shape index (κ1) is 11.5. The maximum atomic E-state index is 3.57. The predicted molar refractivity (Wildman–Crippen MR) is 63.1 cm³/mol. The summed E-state index contributed by atoms with van der Waals surface area (Å²) in [5.74, 6) is 2.01. The molecular weight excluding hydrogens is 177 g/mol. The molecule has 1 rings (SSSR count). The van der Waals surface area contributed by atoms with E-state index in [1.807, 2.05) is 0 Å². The van der Waals surface area contributed by atoms with Crippen molar-refractivity contribution in [1.29, 1.82) is 0 Å². The minimum atomic E-state index is 0.606. The van der Waals surface area contributed by atoms with Crippen LogP contribution < -0.4 is 5.32 Å². The molecule has 0 aromatic carbocycles. The normalized spacial score (nSPS) is 31.8. The molecule has 1 nitrogen and oxygen atoms in total. The lowest BCUT2D eigenvalue weighted by Crippen LogP contribution is -2.38. The molecule has 0 aliphatic heterocycles. The molecule has 0 amide bonds. The topological polar surface area (TPSA) is 12.0 Å². The molecule has 0 saturated heterocycles. The minimum Gasteiger partial charge on any atom is -0.311 e. The zero-order valence-electron chi connectivity index (χ0n) is 9.38. The van der Waals surface area contributed by atoms with Gasteiger partial charge in [0.25, 0.3) is 0 Å². The molecule has 0 aromatic heterocycles. The average molecular weight is 201 g/mol. The van der Waals surface area contributed by atoms with Crippen molar-refractivity contribution in [3.63, 3.8) is 0 Å². The van der Waals surface area contributed by atoms with Crippen LogP contribution in [-0.4, -0.2) is 17.7 Å². The summed E-state index contributed by atoms with van der Waals surface area (Å²) in [6, 6.07) is 1.24. The van der Waals surface area contributed by atoms with Gasteiger partial charge in [-0.05, 0) is 37.3 Å². The zero-order valence-corrected chi connectivity index (χ0v) is 10.5. The Morgan fingerprint density at radius 2 is 1.92 bits per heavy atom. The Morgan fingerprint density at radius 1 is 1.38 bits per heavy atom. The lowest BCUT2D eigenvalue weighted by atomic mass is 10.1. The predicted octanol–water partition coefficient (Wildman–Crippen LogP) is 2.66. The van der Waals surface area contributed by atoms with E-state index in [0.29, 0.717) is 12.1 Å². The highest BCUT2D eigenvalue weighted by molar-refractivity contribution is 7.17. The highest BCUT2D eigenvalue weighted by Gasteiger charge is 2.34. The molecule has 5 unspecified atom stereocenters. The van der Waals surface area contributed by atoms with Crippen LogP contribution in [0.3, 0.4) is 0 Å². The number of rotatable bonds is 5. The molecule has 1 saturated carbocycles. The van der Waals surface area contributed by atoms with Crippen molar-refractivity contribution in [3.8, 4) is 0 Å². The van der Waals surface area contributed by atoms with E-state index < -0.39 is 0 Å². The Kier molecular flexibility index (Phi) is 4.19. The Morgan fingerprint density at radius 3 is 2.31 bits per heavy atom. The van der Waals surface area contributed by atoms with E-state index in [4.69, 9.17) is 0 Å². The summed E-state index contributed by atoms with van der Waals surface area (Å²) in [5, 5.41) is 3.57. The van der Waals surface area contributed by atoms with Gasteiger partial charge >= 0.3 is 0 Å². The van der Waals surface area contributed by atoms with E-state index in [0.717, 1.165) is 17.5 Å². The fourth-order valence-electron chi connectivity index (χ4n) is 1.93. The SMILES string of the molecule is CC(C)NC(C)C(P)CC1CC1C. The first-order valence-corrected chi connectivity index (χ1v) is 6.19. The maximum absolute atomic E-state index is 3.57. The molecule has 0 heterocycles. The molecule has 1 aliphatic rings. The smallest absolute Gasteiger partial charge is 0.0104 e. The van der Waals surface area contributed by atoms with E-state index in [1.165, 1.54) is 12.8 Å². The molecule has 1 fully saturated rings. The van der Waals surface area contributed by atoms with Gasteiger partial charge in [-0.2, -0.15) is 0 Å². The van der Waals surface area contributed by atoms with Crippen molar-refractivity contribution in [1.82, 2.24) is 5.32 Å². The Hall–Kier alpha value is 0.390. The van der Waals surface area contributed by atoms with Crippen molar-refractivity contribution in [2.75, 3.05) is 0 Å². The van der Waals surface area contributed by atoms with Crippen molar-refractivity contribution < 1.29 is 0 Å². The quantitative estimate of drug-likeness (QED) is 0.674. The van der Waals surface area contributed by atoms with Gasteiger partial charge in [0.2, 0.25) is 0 Å². The summed E-state index contributed by atoms with van der Waals surface area (Å²) in [6.07, 6.45) is 2.84. The Bertz CT molecular complexity index is 158. The molecule has 78 valence electrons. The van der Waals surface area contributed by atoms with Crippen LogP contribution >= 0.6 is 9.24 Å². The first-order valence-electron chi connectivity index (χ1n) is 5.52. The lowest BCUT2D eigenvalue weighted by molar-refractivity contribution is 0.450. The molecule has 13 heavy (non-hydrogen) atoms. The van der Waals surface area contributed by atoms with Crippen molar-refractivity contribution in [3.05, 3.63) is 0 Å². The van der Waals surface area contributed by atoms with Gasteiger partial charge in [0, 0.05) is 12.1 Å². The van der Waals surface area contributed by atoms with Crippen LogP contribution in [0.2, 0.25) is 0 Å². The molecular formula is C11H24NP. The van der Waals surface area contributed by atoms with Crippen LogP contribution in [0.15, 0.2) is 0 Å². The van der Waals surface area contributed by atoms with Gasteiger partial charge in [0.05, 0.1) is 0 Å². The van der Waals surface area contributed by atoms with Crippen LogP contribution in [0.25, 0.3) is 0 Å².